The Morgan fingerprint density at radius 2 is 1.89 bits per heavy atom. The molecule has 0 radical (unpaired) electrons. The number of aromatic amines is 1. The van der Waals surface area contributed by atoms with Gasteiger partial charge in [0, 0.05) is 40.6 Å². The van der Waals surface area contributed by atoms with Gasteiger partial charge >= 0.3 is 5.97 Å². The monoisotopic (exact) mass is 396 g/mol. The second-order valence-electron chi connectivity index (χ2n) is 6.62. The van der Waals surface area contributed by atoms with Crippen LogP contribution in [0.4, 0.5) is 0 Å². The highest BCUT2D eigenvalue weighted by Crippen LogP contribution is 2.20. The molecule has 2 aromatic carbocycles. The van der Waals surface area contributed by atoms with Gasteiger partial charge in [-0.15, -0.1) is 11.8 Å². The lowest BCUT2D eigenvalue weighted by Crippen LogP contribution is -2.43. The van der Waals surface area contributed by atoms with Gasteiger partial charge in [0.15, 0.2) is 0 Å². The quantitative estimate of drug-likeness (QED) is 0.448. The molecule has 0 aliphatic carbocycles. The first-order chi connectivity index (χ1) is 13.6. The number of ether oxygens (including phenoxy) is 1. The average molecular weight is 397 g/mol. The molecule has 3 aromatic rings. The van der Waals surface area contributed by atoms with E-state index in [1.54, 1.807) is 11.8 Å². The van der Waals surface area contributed by atoms with Gasteiger partial charge in [-0.3, -0.25) is 4.79 Å². The maximum absolute atomic E-state index is 12.4. The van der Waals surface area contributed by atoms with Gasteiger partial charge < -0.3 is 15.0 Å². The summed E-state index contributed by atoms with van der Waals surface area (Å²) >= 11 is 1.62. The number of nitrogens with one attached hydrogen (secondary N) is 2. The molecule has 2 N–H and O–H groups in total. The van der Waals surface area contributed by atoms with Crippen LogP contribution in [0.15, 0.2) is 59.6 Å². The van der Waals surface area contributed by atoms with Gasteiger partial charge in [-0.1, -0.05) is 35.9 Å². The number of hydrogen-bond donors (Lipinski definition) is 2. The van der Waals surface area contributed by atoms with Gasteiger partial charge in [-0.05, 0) is 30.7 Å². The van der Waals surface area contributed by atoms with Gasteiger partial charge in [-0.2, -0.15) is 0 Å². The van der Waals surface area contributed by atoms with E-state index in [9.17, 15) is 9.59 Å². The van der Waals surface area contributed by atoms with E-state index in [4.69, 9.17) is 4.74 Å². The number of amides is 1. The van der Waals surface area contributed by atoms with E-state index in [0.29, 0.717) is 18.6 Å². The van der Waals surface area contributed by atoms with Crippen LogP contribution < -0.4 is 5.32 Å². The fourth-order valence-corrected chi connectivity index (χ4v) is 3.87. The number of fused-ring (bicyclic) bond motifs is 1. The normalized spacial score (nSPS) is 11.9. The zero-order valence-electron chi connectivity index (χ0n) is 16.0. The number of carbonyl (C=O) groups is 2. The molecule has 5 nitrogen and oxygen atoms in total. The third kappa shape index (κ3) is 5.16. The summed E-state index contributed by atoms with van der Waals surface area (Å²) in [5.74, 6) is 0.0512. The van der Waals surface area contributed by atoms with E-state index in [1.165, 1.54) is 12.7 Å². The summed E-state index contributed by atoms with van der Waals surface area (Å²) in [6.45, 7) is 2.04. The molecular formula is C22H24N2O3S. The number of hydrogen-bond acceptors (Lipinski definition) is 4. The Balaban J connectivity index is 1.58. The van der Waals surface area contributed by atoms with Crippen molar-refractivity contribution in [3.63, 3.8) is 0 Å². The third-order valence-corrected chi connectivity index (χ3v) is 5.55. The number of benzene rings is 2. The van der Waals surface area contributed by atoms with Crippen molar-refractivity contribution in [3.05, 3.63) is 65.9 Å². The molecule has 0 aliphatic heterocycles. The Bertz CT molecular complexity index is 950. The lowest BCUT2D eigenvalue weighted by Gasteiger charge is -2.16. The fraction of sp³-hybridized carbons (Fsp3) is 0.273. The van der Waals surface area contributed by atoms with E-state index < -0.39 is 12.0 Å². The van der Waals surface area contributed by atoms with E-state index >= 15 is 0 Å². The van der Waals surface area contributed by atoms with Gasteiger partial charge in [0.2, 0.25) is 5.91 Å². The topological polar surface area (TPSA) is 71.2 Å². The second-order valence-corrected chi connectivity index (χ2v) is 7.79. The smallest absolute Gasteiger partial charge is 0.328 e. The van der Waals surface area contributed by atoms with Crippen molar-refractivity contribution < 1.29 is 14.3 Å². The molecule has 28 heavy (non-hydrogen) atoms. The lowest BCUT2D eigenvalue weighted by molar-refractivity contribution is -0.145. The van der Waals surface area contributed by atoms with Crippen LogP contribution in [0.25, 0.3) is 10.9 Å². The summed E-state index contributed by atoms with van der Waals surface area (Å²) in [5, 5.41) is 3.87. The summed E-state index contributed by atoms with van der Waals surface area (Å²) < 4.78 is 4.89. The van der Waals surface area contributed by atoms with Crippen molar-refractivity contribution in [1.82, 2.24) is 10.3 Å². The number of methoxy groups -OCH3 is 1. The fourth-order valence-electron chi connectivity index (χ4n) is 3.02. The van der Waals surface area contributed by atoms with Crippen molar-refractivity contribution in [1.29, 1.82) is 0 Å². The first-order valence-corrected chi connectivity index (χ1v) is 10.2. The first-order valence-electron chi connectivity index (χ1n) is 9.18. The minimum absolute atomic E-state index is 0.158. The maximum atomic E-state index is 12.4. The van der Waals surface area contributed by atoms with Crippen molar-refractivity contribution in [2.24, 2.45) is 0 Å². The molecule has 0 fully saturated rings. The minimum Gasteiger partial charge on any atom is -0.467 e. The molecule has 1 atom stereocenters. The highest BCUT2D eigenvalue weighted by molar-refractivity contribution is 7.99. The molecule has 146 valence electrons. The van der Waals surface area contributed by atoms with E-state index in [1.807, 2.05) is 49.5 Å². The van der Waals surface area contributed by atoms with Crippen LogP contribution in [0.2, 0.25) is 0 Å². The molecule has 0 aliphatic rings. The van der Waals surface area contributed by atoms with Crippen molar-refractivity contribution in [2.75, 3.05) is 12.9 Å². The molecule has 1 unspecified atom stereocenters. The molecule has 6 heteroatoms. The summed E-state index contributed by atoms with van der Waals surface area (Å²) in [5.41, 5.74) is 3.18. The Hall–Kier alpha value is -2.73. The number of rotatable bonds is 8. The van der Waals surface area contributed by atoms with Crippen LogP contribution in [-0.2, 0) is 20.7 Å². The van der Waals surface area contributed by atoms with Crippen molar-refractivity contribution in [3.8, 4) is 0 Å². The Morgan fingerprint density at radius 1 is 1.14 bits per heavy atom. The second kappa shape index (κ2) is 9.46. The molecular weight excluding hydrogens is 372 g/mol. The van der Waals surface area contributed by atoms with E-state index in [2.05, 4.69) is 22.4 Å². The number of aromatic nitrogens is 1. The SMILES string of the molecule is COC(=O)C(Cc1c[nH]c2ccccc12)NC(=O)CCSc1ccc(C)cc1. The van der Waals surface area contributed by atoms with Gasteiger partial charge in [0.1, 0.15) is 6.04 Å². The largest absolute Gasteiger partial charge is 0.467 e. The molecule has 0 bridgehead atoms. The van der Waals surface area contributed by atoms with Crippen LogP contribution in [0.5, 0.6) is 0 Å². The predicted molar refractivity (Wildman–Crippen MR) is 112 cm³/mol. The first kappa shape index (κ1) is 20.0. The highest BCUT2D eigenvalue weighted by Gasteiger charge is 2.23. The molecule has 3 rings (SSSR count). The number of aryl methyl sites for hydroxylation is 1. The molecule has 0 saturated heterocycles. The lowest BCUT2D eigenvalue weighted by atomic mass is 10.0. The molecule has 1 aromatic heterocycles. The maximum Gasteiger partial charge on any atom is 0.328 e. The van der Waals surface area contributed by atoms with E-state index in [-0.39, 0.29) is 5.91 Å². The van der Waals surface area contributed by atoms with Gasteiger partial charge in [0.25, 0.3) is 0 Å². The zero-order chi connectivity index (χ0) is 19.9. The number of carbonyl (C=O) groups excluding carboxylic acids is 2. The van der Waals surface area contributed by atoms with Crippen LogP contribution in [0.3, 0.4) is 0 Å². The highest BCUT2D eigenvalue weighted by atomic mass is 32.2. The summed E-state index contributed by atoms with van der Waals surface area (Å²) in [6, 6.07) is 15.4. The zero-order valence-corrected chi connectivity index (χ0v) is 16.8. The average Bonchev–Trinajstić information content (AvgIpc) is 3.11. The van der Waals surface area contributed by atoms with E-state index in [0.717, 1.165) is 21.4 Å². The molecule has 1 amide bonds. The molecule has 1 heterocycles. The number of para-hydroxylation sites is 1. The molecule has 0 saturated carbocycles. The molecule has 0 spiro atoms. The summed E-state index contributed by atoms with van der Waals surface area (Å²) in [7, 11) is 1.34. The van der Waals surface area contributed by atoms with Gasteiger partial charge in [-0.25, -0.2) is 4.79 Å². The Kier molecular flexibility index (Phi) is 6.76. The Morgan fingerprint density at radius 3 is 2.64 bits per heavy atom. The minimum atomic E-state index is -0.707. The number of H-pyrrole nitrogens is 1. The van der Waals surface area contributed by atoms with Crippen LogP contribution >= 0.6 is 11.8 Å². The van der Waals surface area contributed by atoms with Crippen molar-refractivity contribution in [2.45, 2.75) is 30.7 Å². The van der Waals surface area contributed by atoms with Crippen LogP contribution in [-0.4, -0.2) is 35.8 Å². The standard InChI is InChI=1S/C22H24N2O3S/c1-15-7-9-17(10-8-15)28-12-11-21(25)24-20(22(26)27-2)13-16-14-23-19-6-4-3-5-18(16)19/h3-10,14,20,23H,11-13H2,1-2H3,(H,24,25). The van der Waals surface area contributed by atoms with Crippen LogP contribution in [0, 0.1) is 6.92 Å². The van der Waals surface area contributed by atoms with Gasteiger partial charge in [0.05, 0.1) is 7.11 Å². The van der Waals surface area contributed by atoms with Crippen LogP contribution in [0.1, 0.15) is 17.5 Å². The Labute approximate surface area is 168 Å². The summed E-state index contributed by atoms with van der Waals surface area (Å²) in [6.07, 6.45) is 2.59. The summed E-state index contributed by atoms with van der Waals surface area (Å²) in [4.78, 5) is 28.9. The third-order valence-electron chi connectivity index (χ3n) is 4.54. The number of esters is 1. The predicted octanol–water partition coefficient (Wildman–Crippen LogP) is 3.86. The number of thioether (sulfide) groups is 1. The van der Waals surface area contributed by atoms with Crippen molar-refractivity contribution >= 4 is 34.5 Å².